The fourth-order valence-electron chi connectivity index (χ4n) is 0. The minimum Gasteiger partial charge on any atom is -0.123 e. The molecule has 30 valence electrons. The molecule has 0 aliphatic heterocycles. The first kappa shape index (κ1) is 3.71. The van der Waals surface area contributed by atoms with Gasteiger partial charge in [0.15, 0.2) is 0 Å². The Morgan fingerprint density at radius 2 is 2.40 bits per heavy atom. The first-order valence-electron chi connectivity index (χ1n) is 1.77. The van der Waals surface area contributed by atoms with E-state index in [1.807, 2.05) is 13.3 Å². The summed E-state index contributed by atoms with van der Waals surface area (Å²) in [5.74, 6) is 0. The van der Waals surface area contributed by atoms with Gasteiger partial charge in [-0.15, -0.1) is 5.16 Å². The lowest BCUT2D eigenvalue weighted by Gasteiger charge is -1.61. The van der Waals surface area contributed by atoms with E-state index in [4.69, 9.17) is 6.44 Å². The summed E-state index contributed by atoms with van der Waals surface area (Å²) in [5.41, 5.74) is 0. The molecule has 0 fully saturated rings. The molecule has 0 aliphatic carbocycles. The van der Waals surface area contributed by atoms with Crippen molar-refractivity contribution in [1.29, 1.82) is 6.44 Å². The summed E-state index contributed by atoms with van der Waals surface area (Å²) in [4.78, 5) is 0. The number of nitrogens with one attached hydrogen (secondary N) is 1. The van der Waals surface area contributed by atoms with Crippen LogP contribution in [0.5, 0.6) is 0 Å². The Morgan fingerprint density at radius 3 is 2.40 bits per heavy atom. The summed E-state index contributed by atoms with van der Waals surface area (Å²) in [5, 5.41) is 6.94. The topological polar surface area (TPSA) is 23.9 Å². The van der Waals surface area contributed by atoms with Crippen molar-refractivity contribution in [2.75, 3.05) is 13.3 Å². The summed E-state index contributed by atoms with van der Waals surface area (Å²) in [6, 6.07) is 0. The van der Waals surface area contributed by atoms with Crippen LogP contribution in [-0.4, -0.2) is 14.6 Å². The Morgan fingerprint density at radius 1 is 2.20 bits per heavy atom. The van der Waals surface area contributed by atoms with Gasteiger partial charge in [0.05, 0.1) is 0 Å². The fourth-order valence-corrected chi connectivity index (χ4v) is 0. The first-order valence-corrected chi connectivity index (χ1v) is 5.15. The summed E-state index contributed by atoms with van der Waals surface area (Å²) in [7, 11) is -1.36. The zero-order valence-electron chi connectivity index (χ0n) is 4.39. The van der Waals surface area contributed by atoms with Gasteiger partial charge in [0, 0.05) is 0 Å². The Balaban J connectivity index is 3.26. The highest BCUT2D eigenvalue weighted by atomic mass is 32.0. The molecule has 0 aromatic rings. The maximum absolute atomic E-state index is 6.94. The van der Waals surface area contributed by atoms with E-state index in [9.17, 15) is 0 Å². The highest BCUT2D eigenvalue weighted by Gasteiger charge is 1.86. The molecule has 2 atom stereocenters. The van der Waals surface area contributed by atoms with E-state index < -0.39 is 15.6 Å². The second-order valence-corrected chi connectivity index (χ2v) is 5.17. The standard InChI is InChI=1S/C2H8NP2/c1-4-5(2)3/h3-4H,1-2H3/q+1/i4T. The predicted molar refractivity (Wildman–Crippen MR) is 29.8 cm³/mol. The average molecular weight is 110 g/mol. The van der Waals surface area contributed by atoms with Gasteiger partial charge in [-0.05, 0) is 6.66 Å². The maximum Gasteiger partial charge on any atom is 0.207 e. The van der Waals surface area contributed by atoms with Crippen molar-refractivity contribution >= 4 is 15.6 Å². The van der Waals surface area contributed by atoms with Crippen molar-refractivity contribution in [1.82, 2.24) is 0 Å². The molecule has 0 spiro atoms. The van der Waals surface area contributed by atoms with Gasteiger partial charge in [-0.3, -0.25) is 0 Å². The molecule has 0 aliphatic rings. The summed E-state index contributed by atoms with van der Waals surface area (Å²) in [6.45, 7) is 3.63. The summed E-state index contributed by atoms with van der Waals surface area (Å²) < 4.78 is 6.94. The molecule has 1 nitrogen and oxygen atoms in total. The normalized spacial score (nSPS) is 20.4. The van der Waals surface area contributed by atoms with Crippen LogP contribution in [0, 0.1) is 5.16 Å². The van der Waals surface area contributed by atoms with Gasteiger partial charge in [-0.1, -0.05) is 0 Å². The van der Waals surface area contributed by atoms with Crippen molar-refractivity contribution in [2.24, 2.45) is 0 Å². The van der Waals surface area contributed by atoms with Crippen LogP contribution in [0.15, 0.2) is 0 Å². The van der Waals surface area contributed by atoms with Crippen LogP contribution >= 0.6 is 15.6 Å². The number of rotatable bonds is 1. The molecule has 0 rings (SSSR count). The highest BCUT2D eigenvalue weighted by molar-refractivity contribution is 8.15. The molecule has 0 radical (unpaired) electrons. The number of hydrogen-bond acceptors (Lipinski definition) is 1. The van der Waals surface area contributed by atoms with Crippen LogP contribution in [0.25, 0.3) is 0 Å². The third-order valence-electron chi connectivity index (χ3n) is 0.300. The third-order valence-corrected chi connectivity index (χ3v) is 2.70. The molecule has 0 aromatic carbocycles. The van der Waals surface area contributed by atoms with E-state index in [0.717, 1.165) is 0 Å². The molecule has 0 saturated heterocycles. The largest absolute Gasteiger partial charge is 0.207 e. The van der Waals surface area contributed by atoms with Gasteiger partial charge in [0.25, 0.3) is 0 Å². The molecular formula is C2H8NP2+. The molecule has 3 heteroatoms. The van der Waals surface area contributed by atoms with Crippen LogP contribution in [0.2, 0.25) is 0 Å². The van der Waals surface area contributed by atoms with Gasteiger partial charge in [-0.2, -0.15) is 0 Å². The average Bonchev–Trinajstić information content (AvgIpc) is 1.36. The van der Waals surface area contributed by atoms with Crippen molar-refractivity contribution in [3.05, 3.63) is 0 Å². The van der Waals surface area contributed by atoms with Crippen LogP contribution in [0.3, 0.4) is 0 Å². The van der Waals surface area contributed by atoms with Crippen LogP contribution in [-0.2, 0) is 0 Å². The van der Waals surface area contributed by atoms with Crippen molar-refractivity contribution in [2.45, 2.75) is 0 Å². The fraction of sp³-hybridized carbons (Fsp3) is 1.00. The molecule has 0 saturated carbocycles. The van der Waals surface area contributed by atoms with E-state index >= 15 is 0 Å². The quantitative estimate of drug-likeness (QED) is 0.499. The molecule has 5 heavy (non-hydrogen) atoms. The number of hydrogen-bond donors (Lipinski definition) is 1. The van der Waals surface area contributed by atoms with Gasteiger partial charge in [0.2, 0.25) is 7.40 Å². The van der Waals surface area contributed by atoms with Crippen molar-refractivity contribution < 1.29 is 0 Å². The van der Waals surface area contributed by atoms with E-state index in [2.05, 4.69) is 0 Å². The molecule has 0 bridgehead atoms. The Hall–Kier alpha value is 0.530. The van der Waals surface area contributed by atoms with Gasteiger partial charge in [0.1, 0.15) is 16.2 Å². The van der Waals surface area contributed by atoms with Crippen molar-refractivity contribution in [3.63, 3.8) is 0 Å². The molecule has 0 amide bonds. The molecular weight excluding hydrogens is 100.0 g/mol. The van der Waals surface area contributed by atoms with E-state index in [1.54, 1.807) is 0 Å². The SMILES string of the molecule is [3H]P(C)[P+](C)=N. The molecule has 1 N–H and O–H groups in total. The molecule has 2 unspecified atom stereocenters. The zero-order valence-corrected chi connectivity index (χ0v) is 5.18. The maximum atomic E-state index is 6.94. The zero-order chi connectivity index (χ0) is 5.15. The summed E-state index contributed by atoms with van der Waals surface area (Å²) in [6.07, 6.45) is 0. The Kier molecular flexibility index (Phi) is 2.04. The molecule has 0 aromatic heterocycles. The minimum atomic E-state index is -0.678. The second kappa shape index (κ2) is 2.75. The Labute approximate surface area is 36.4 Å². The predicted octanol–water partition coefficient (Wildman–Crippen LogP) is 2.08. The lowest BCUT2D eigenvalue weighted by molar-refractivity contribution is 1.64. The van der Waals surface area contributed by atoms with Crippen molar-refractivity contribution in [3.8, 4) is 0 Å². The van der Waals surface area contributed by atoms with Crippen LogP contribution in [0.4, 0.5) is 0 Å². The van der Waals surface area contributed by atoms with Crippen LogP contribution in [0.1, 0.15) is 0 Å². The highest BCUT2D eigenvalue weighted by Crippen LogP contribution is 2.37. The van der Waals surface area contributed by atoms with E-state index in [0.29, 0.717) is 0 Å². The second-order valence-electron chi connectivity index (χ2n) is 0.724. The first-order chi connectivity index (χ1) is 2.64. The van der Waals surface area contributed by atoms with E-state index in [-0.39, 0.29) is 0 Å². The monoisotopic (exact) mass is 110 g/mol. The smallest absolute Gasteiger partial charge is 0.123 e. The van der Waals surface area contributed by atoms with Gasteiger partial charge in [-0.25, -0.2) is 0 Å². The van der Waals surface area contributed by atoms with E-state index in [1.165, 1.54) is 0 Å². The van der Waals surface area contributed by atoms with Gasteiger partial charge < -0.3 is 0 Å². The minimum absolute atomic E-state index is 0.678. The third kappa shape index (κ3) is 4.53. The summed E-state index contributed by atoms with van der Waals surface area (Å²) >= 11 is 0. The lowest BCUT2D eigenvalue weighted by Crippen LogP contribution is -1.27. The molecule has 0 heterocycles. The lowest BCUT2D eigenvalue weighted by atomic mass is 12.0. The van der Waals surface area contributed by atoms with Crippen LogP contribution < -0.4 is 0 Å². The van der Waals surface area contributed by atoms with Gasteiger partial charge >= 0.3 is 0 Å². The Bertz CT molecular complexity index is 62.6.